The highest BCUT2D eigenvalue weighted by molar-refractivity contribution is 7.90. The summed E-state index contributed by atoms with van der Waals surface area (Å²) in [6.07, 6.45) is 3.50. The zero-order valence-corrected chi connectivity index (χ0v) is 8.96. The van der Waals surface area contributed by atoms with Crippen LogP contribution in [-0.2, 0) is 9.84 Å². The molecule has 1 atom stereocenters. The van der Waals surface area contributed by atoms with Crippen molar-refractivity contribution < 1.29 is 12.8 Å². The molecule has 0 saturated heterocycles. The SMILES string of the molecule is CS(=O)(=O)CC(NN)c1cncc(F)c1. The highest BCUT2D eigenvalue weighted by atomic mass is 32.2. The molecule has 0 saturated carbocycles. The number of hydrogen-bond donors (Lipinski definition) is 2. The lowest BCUT2D eigenvalue weighted by Gasteiger charge is -2.14. The Morgan fingerprint density at radius 2 is 2.27 bits per heavy atom. The van der Waals surface area contributed by atoms with Gasteiger partial charge in [0.2, 0.25) is 0 Å². The van der Waals surface area contributed by atoms with Crippen molar-refractivity contribution in [3.63, 3.8) is 0 Å². The van der Waals surface area contributed by atoms with E-state index in [0.717, 1.165) is 12.5 Å². The molecule has 0 aliphatic rings. The summed E-state index contributed by atoms with van der Waals surface area (Å²) >= 11 is 0. The van der Waals surface area contributed by atoms with Gasteiger partial charge >= 0.3 is 0 Å². The fraction of sp³-hybridized carbons (Fsp3) is 0.375. The van der Waals surface area contributed by atoms with E-state index in [-0.39, 0.29) is 5.75 Å². The zero-order valence-electron chi connectivity index (χ0n) is 8.14. The Morgan fingerprint density at radius 1 is 1.60 bits per heavy atom. The van der Waals surface area contributed by atoms with Crippen molar-refractivity contribution >= 4 is 9.84 Å². The maximum Gasteiger partial charge on any atom is 0.149 e. The van der Waals surface area contributed by atoms with Crippen LogP contribution < -0.4 is 11.3 Å². The fourth-order valence-corrected chi connectivity index (χ4v) is 2.06. The summed E-state index contributed by atoms with van der Waals surface area (Å²) in [7, 11) is -3.19. The molecular formula is C8H12FN3O2S. The van der Waals surface area contributed by atoms with Crippen LogP contribution in [0.1, 0.15) is 11.6 Å². The summed E-state index contributed by atoms with van der Waals surface area (Å²) in [5.41, 5.74) is 2.72. The largest absolute Gasteiger partial charge is 0.271 e. The fourth-order valence-electron chi connectivity index (χ4n) is 1.16. The molecule has 7 heteroatoms. The number of pyridine rings is 1. The molecular weight excluding hydrogens is 221 g/mol. The van der Waals surface area contributed by atoms with Crippen LogP contribution >= 0.6 is 0 Å². The van der Waals surface area contributed by atoms with E-state index in [4.69, 9.17) is 5.84 Å². The van der Waals surface area contributed by atoms with E-state index in [1.807, 2.05) is 0 Å². The molecule has 0 aliphatic carbocycles. The summed E-state index contributed by atoms with van der Waals surface area (Å²) in [5, 5.41) is 0. The van der Waals surface area contributed by atoms with Crippen LogP contribution in [0.25, 0.3) is 0 Å². The number of hydrazine groups is 1. The number of nitrogens with zero attached hydrogens (tertiary/aromatic N) is 1. The zero-order chi connectivity index (χ0) is 11.5. The molecule has 0 bridgehead atoms. The number of nitrogens with one attached hydrogen (secondary N) is 1. The van der Waals surface area contributed by atoms with Gasteiger partial charge in [0.1, 0.15) is 15.7 Å². The van der Waals surface area contributed by atoms with Crippen LogP contribution in [-0.4, -0.2) is 25.4 Å². The van der Waals surface area contributed by atoms with Crippen LogP contribution in [0.3, 0.4) is 0 Å². The standard InChI is InChI=1S/C8H12FN3O2S/c1-15(13,14)5-8(12-10)6-2-7(9)4-11-3-6/h2-4,8,12H,5,10H2,1H3. The number of rotatable bonds is 4. The second kappa shape index (κ2) is 4.65. The summed E-state index contributed by atoms with van der Waals surface area (Å²) in [4.78, 5) is 3.62. The lowest BCUT2D eigenvalue weighted by Crippen LogP contribution is -2.33. The Hall–Kier alpha value is -1.05. The summed E-state index contributed by atoms with van der Waals surface area (Å²) in [5.74, 6) is 4.47. The second-order valence-electron chi connectivity index (χ2n) is 3.25. The summed E-state index contributed by atoms with van der Waals surface area (Å²) in [6.45, 7) is 0. The van der Waals surface area contributed by atoms with Gasteiger partial charge in [0, 0.05) is 12.5 Å². The summed E-state index contributed by atoms with van der Waals surface area (Å²) < 4.78 is 34.9. The highest BCUT2D eigenvalue weighted by Gasteiger charge is 2.16. The van der Waals surface area contributed by atoms with Gasteiger partial charge in [0.05, 0.1) is 18.0 Å². The lowest BCUT2D eigenvalue weighted by molar-refractivity contribution is 0.556. The molecule has 0 radical (unpaired) electrons. The van der Waals surface area contributed by atoms with Crippen molar-refractivity contribution in [3.8, 4) is 0 Å². The average Bonchev–Trinajstić information content (AvgIpc) is 2.13. The van der Waals surface area contributed by atoms with Gasteiger partial charge in [-0.3, -0.25) is 16.3 Å². The van der Waals surface area contributed by atoms with Crippen LogP contribution in [0.5, 0.6) is 0 Å². The van der Waals surface area contributed by atoms with Gasteiger partial charge in [0.15, 0.2) is 0 Å². The molecule has 1 heterocycles. The number of sulfone groups is 1. The van der Waals surface area contributed by atoms with Gasteiger partial charge in [-0.2, -0.15) is 0 Å². The van der Waals surface area contributed by atoms with Crippen molar-refractivity contribution in [3.05, 3.63) is 29.8 Å². The van der Waals surface area contributed by atoms with E-state index in [1.165, 1.54) is 12.3 Å². The number of aromatic nitrogens is 1. The Morgan fingerprint density at radius 3 is 2.73 bits per heavy atom. The van der Waals surface area contributed by atoms with E-state index in [0.29, 0.717) is 5.56 Å². The maximum atomic E-state index is 12.8. The predicted octanol–water partition coefficient (Wildman–Crippen LogP) is -0.230. The molecule has 15 heavy (non-hydrogen) atoms. The summed E-state index contributed by atoms with van der Waals surface area (Å²) in [6, 6.07) is 0.547. The second-order valence-corrected chi connectivity index (χ2v) is 5.43. The Kier molecular flexibility index (Phi) is 3.72. The first kappa shape index (κ1) is 12.0. The van der Waals surface area contributed by atoms with Crippen molar-refractivity contribution in [2.45, 2.75) is 6.04 Å². The van der Waals surface area contributed by atoms with E-state index < -0.39 is 21.7 Å². The van der Waals surface area contributed by atoms with Crippen molar-refractivity contribution in [2.75, 3.05) is 12.0 Å². The molecule has 3 N–H and O–H groups in total. The minimum atomic E-state index is -3.19. The third-order valence-corrected chi connectivity index (χ3v) is 2.74. The van der Waals surface area contributed by atoms with E-state index >= 15 is 0 Å². The normalized spacial score (nSPS) is 13.8. The molecule has 0 aliphatic heterocycles. The van der Waals surface area contributed by atoms with Gasteiger partial charge in [-0.05, 0) is 11.6 Å². The molecule has 1 unspecified atom stereocenters. The highest BCUT2D eigenvalue weighted by Crippen LogP contribution is 2.13. The van der Waals surface area contributed by atoms with Gasteiger partial charge in [0.25, 0.3) is 0 Å². The smallest absolute Gasteiger partial charge is 0.149 e. The minimum Gasteiger partial charge on any atom is -0.271 e. The van der Waals surface area contributed by atoms with Crippen LogP contribution in [0, 0.1) is 5.82 Å². The Balaban J connectivity index is 2.93. The molecule has 1 aromatic heterocycles. The van der Waals surface area contributed by atoms with Crippen LogP contribution in [0.2, 0.25) is 0 Å². The first-order chi connectivity index (χ1) is 6.92. The van der Waals surface area contributed by atoms with Gasteiger partial charge < -0.3 is 0 Å². The number of halogens is 1. The van der Waals surface area contributed by atoms with Crippen LogP contribution in [0.4, 0.5) is 4.39 Å². The Labute approximate surface area is 87.4 Å². The third-order valence-electron chi connectivity index (χ3n) is 1.80. The topological polar surface area (TPSA) is 85.1 Å². The predicted molar refractivity (Wildman–Crippen MR) is 54.0 cm³/mol. The molecule has 5 nitrogen and oxygen atoms in total. The molecule has 1 rings (SSSR count). The maximum absolute atomic E-state index is 12.8. The van der Waals surface area contributed by atoms with Gasteiger partial charge in [-0.15, -0.1) is 0 Å². The first-order valence-corrected chi connectivity index (χ1v) is 6.23. The molecule has 1 aromatic rings. The molecule has 0 spiro atoms. The Bertz CT molecular complexity index is 435. The van der Waals surface area contributed by atoms with Crippen molar-refractivity contribution in [1.82, 2.24) is 10.4 Å². The van der Waals surface area contributed by atoms with Gasteiger partial charge in [-0.1, -0.05) is 0 Å². The molecule has 0 fully saturated rings. The first-order valence-electron chi connectivity index (χ1n) is 4.16. The van der Waals surface area contributed by atoms with E-state index in [9.17, 15) is 12.8 Å². The van der Waals surface area contributed by atoms with Gasteiger partial charge in [-0.25, -0.2) is 12.8 Å². The minimum absolute atomic E-state index is 0.200. The number of nitrogens with two attached hydrogens (primary N) is 1. The molecule has 0 amide bonds. The monoisotopic (exact) mass is 233 g/mol. The molecule has 84 valence electrons. The lowest BCUT2D eigenvalue weighted by atomic mass is 10.1. The third kappa shape index (κ3) is 3.90. The van der Waals surface area contributed by atoms with E-state index in [1.54, 1.807) is 0 Å². The van der Waals surface area contributed by atoms with Crippen molar-refractivity contribution in [1.29, 1.82) is 0 Å². The number of hydrogen-bond acceptors (Lipinski definition) is 5. The molecule has 0 aromatic carbocycles. The average molecular weight is 233 g/mol. The van der Waals surface area contributed by atoms with Crippen LogP contribution in [0.15, 0.2) is 18.5 Å². The van der Waals surface area contributed by atoms with E-state index in [2.05, 4.69) is 10.4 Å². The quantitative estimate of drug-likeness (QED) is 0.554. The van der Waals surface area contributed by atoms with Crippen molar-refractivity contribution in [2.24, 2.45) is 5.84 Å².